The van der Waals surface area contributed by atoms with E-state index in [2.05, 4.69) is 16.8 Å². The number of rotatable bonds is 4. The Kier molecular flexibility index (Phi) is 3.91. The number of aromatic nitrogens is 3. The van der Waals surface area contributed by atoms with Gasteiger partial charge in [-0.25, -0.2) is 4.79 Å². The third kappa shape index (κ3) is 2.84. The Hall–Kier alpha value is -2.99. The topological polar surface area (TPSA) is 83.0 Å². The molecule has 6 nitrogen and oxygen atoms in total. The van der Waals surface area contributed by atoms with Gasteiger partial charge in [-0.1, -0.05) is 18.7 Å². The third-order valence-electron chi connectivity index (χ3n) is 3.48. The van der Waals surface area contributed by atoms with E-state index < -0.39 is 5.97 Å². The quantitative estimate of drug-likeness (QED) is 0.454. The minimum Gasteiger partial charge on any atom is -0.423 e. The van der Waals surface area contributed by atoms with Crippen LogP contribution in [0.15, 0.2) is 49.1 Å². The number of carbonyl (C=O) groups excluding carboxylic acids is 1. The lowest BCUT2D eigenvalue weighted by Crippen LogP contribution is -2.10. The van der Waals surface area contributed by atoms with Crippen LogP contribution in [-0.2, 0) is 11.3 Å². The van der Waals surface area contributed by atoms with Gasteiger partial charge in [-0.2, -0.15) is 4.80 Å². The summed E-state index contributed by atoms with van der Waals surface area (Å²) in [7, 11) is 0. The predicted octanol–water partition coefficient (Wildman–Crippen LogP) is 2.28. The summed E-state index contributed by atoms with van der Waals surface area (Å²) in [5.74, 6) is -0.0924. The summed E-state index contributed by atoms with van der Waals surface area (Å²) in [5.41, 5.74) is 9.75. The lowest BCUT2D eigenvalue weighted by atomic mass is 10.1. The summed E-state index contributed by atoms with van der Waals surface area (Å²) in [6.45, 7) is 5.52. The lowest BCUT2D eigenvalue weighted by Gasteiger charge is -2.12. The largest absolute Gasteiger partial charge is 0.423 e. The molecule has 2 aromatic carbocycles. The Bertz CT molecular complexity index is 866. The fraction of sp³-hybridized carbons (Fsp3) is 0.118. The molecule has 3 rings (SSSR count). The lowest BCUT2D eigenvalue weighted by molar-refractivity contribution is -0.129. The van der Waals surface area contributed by atoms with E-state index in [-0.39, 0.29) is 6.54 Å². The average molecular weight is 308 g/mol. The molecule has 0 saturated carbocycles. The standard InChI is InChI=1S/C17H16N4O2/c1-3-17(22)23-16-8-11(2)15(9-12(16)10-18)21-19-13-6-4-5-7-14(13)20-21/h3-9H,1,10,18H2,2H3. The predicted molar refractivity (Wildman–Crippen MR) is 87.3 cm³/mol. The minimum absolute atomic E-state index is 0.230. The summed E-state index contributed by atoms with van der Waals surface area (Å²) in [6.07, 6.45) is 1.12. The van der Waals surface area contributed by atoms with Crippen molar-refractivity contribution < 1.29 is 9.53 Å². The van der Waals surface area contributed by atoms with Crippen LogP contribution >= 0.6 is 0 Å². The number of esters is 1. The van der Waals surface area contributed by atoms with Crippen LogP contribution in [-0.4, -0.2) is 21.0 Å². The summed E-state index contributed by atoms with van der Waals surface area (Å²) in [4.78, 5) is 13.0. The van der Waals surface area contributed by atoms with Gasteiger partial charge in [0.15, 0.2) is 0 Å². The van der Waals surface area contributed by atoms with Gasteiger partial charge in [0.2, 0.25) is 0 Å². The van der Waals surface area contributed by atoms with Gasteiger partial charge in [0.05, 0.1) is 5.69 Å². The zero-order valence-electron chi connectivity index (χ0n) is 12.7. The van der Waals surface area contributed by atoms with Crippen LogP contribution in [0.25, 0.3) is 16.7 Å². The summed E-state index contributed by atoms with van der Waals surface area (Å²) in [6, 6.07) is 11.2. The zero-order chi connectivity index (χ0) is 16.4. The molecule has 0 atom stereocenters. The van der Waals surface area contributed by atoms with Crippen LogP contribution in [0.2, 0.25) is 0 Å². The molecule has 0 aliphatic rings. The molecule has 116 valence electrons. The molecule has 0 aliphatic carbocycles. The van der Waals surface area contributed by atoms with Crippen molar-refractivity contribution >= 4 is 17.0 Å². The average Bonchev–Trinajstić information content (AvgIpc) is 2.98. The number of benzene rings is 2. The van der Waals surface area contributed by atoms with E-state index in [9.17, 15) is 4.79 Å². The second kappa shape index (κ2) is 6.02. The van der Waals surface area contributed by atoms with Crippen molar-refractivity contribution in [3.05, 3.63) is 60.2 Å². The number of fused-ring (bicyclic) bond motifs is 1. The second-order valence-electron chi connectivity index (χ2n) is 5.05. The molecule has 1 heterocycles. The van der Waals surface area contributed by atoms with Gasteiger partial charge in [-0.15, -0.1) is 10.2 Å². The Labute approximate surface area is 133 Å². The zero-order valence-corrected chi connectivity index (χ0v) is 12.7. The van der Waals surface area contributed by atoms with Gasteiger partial charge < -0.3 is 10.5 Å². The maximum Gasteiger partial charge on any atom is 0.335 e. The van der Waals surface area contributed by atoms with Gasteiger partial charge in [0, 0.05) is 18.2 Å². The molecular weight excluding hydrogens is 292 g/mol. The summed E-state index contributed by atoms with van der Waals surface area (Å²) in [5, 5.41) is 8.93. The highest BCUT2D eigenvalue weighted by Crippen LogP contribution is 2.26. The molecule has 0 fully saturated rings. The number of nitrogens with two attached hydrogens (primary N) is 1. The SMILES string of the molecule is C=CC(=O)Oc1cc(C)c(-n2nc3ccccc3n2)cc1CN. The molecule has 0 unspecified atom stereocenters. The highest BCUT2D eigenvalue weighted by Gasteiger charge is 2.13. The second-order valence-corrected chi connectivity index (χ2v) is 5.05. The van der Waals surface area contributed by atoms with Crippen molar-refractivity contribution in [2.75, 3.05) is 0 Å². The fourth-order valence-electron chi connectivity index (χ4n) is 2.30. The Balaban J connectivity index is 2.09. The van der Waals surface area contributed by atoms with E-state index in [0.29, 0.717) is 11.3 Å². The molecule has 23 heavy (non-hydrogen) atoms. The molecule has 3 aromatic rings. The molecule has 0 radical (unpaired) electrons. The van der Waals surface area contributed by atoms with E-state index in [4.69, 9.17) is 10.5 Å². The van der Waals surface area contributed by atoms with Crippen LogP contribution < -0.4 is 10.5 Å². The van der Waals surface area contributed by atoms with Crippen LogP contribution in [0.4, 0.5) is 0 Å². The molecule has 0 amide bonds. The van der Waals surface area contributed by atoms with Crippen LogP contribution in [0.1, 0.15) is 11.1 Å². The van der Waals surface area contributed by atoms with Gasteiger partial charge in [0.1, 0.15) is 16.8 Å². The van der Waals surface area contributed by atoms with Gasteiger partial charge in [-0.3, -0.25) is 0 Å². The van der Waals surface area contributed by atoms with Crippen molar-refractivity contribution in [1.29, 1.82) is 0 Å². The summed E-state index contributed by atoms with van der Waals surface area (Å²) < 4.78 is 5.23. The Morgan fingerprint density at radius 1 is 1.30 bits per heavy atom. The molecule has 0 aliphatic heterocycles. The third-order valence-corrected chi connectivity index (χ3v) is 3.48. The molecule has 1 aromatic heterocycles. The molecule has 0 saturated heterocycles. The number of ether oxygens (including phenoxy) is 1. The summed E-state index contributed by atoms with van der Waals surface area (Å²) >= 11 is 0. The first kappa shape index (κ1) is 14.9. The van der Waals surface area contributed by atoms with Crippen molar-refractivity contribution in [2.45, 2.75) is 13.5 Å². The van der Waals surface area contributed by atoms with Crippen molar-refractivity contribution in [2.24, 2.45) is 5.73 Å². The molecule has 2 N–H and O–H groups in total. The van der Waals surface area contributed by atoms with Crippen LogP contribution in [0.5, 0.6) is 5.75 Å². The monoisotopic (exact) mass is 308 g/mol. The first-order chi connectivity index (χ1) is 11.1. The molecule has 6 heteroatoms. The molecular formula is C17H16N4O2. The highest BCUT2D eigenvalue weighted by atomic mass is 16.5. The maximum atomic E-state index is 11.4. The molecule has 0 spiro atoms. The smallest absolute Gasteiger partial charge is 0.335 e. The number of aryl methyl sites for hydroxylation is 1. The van der Waals surface area contributed by atoms with Gasteiger partial charge in [0.25, 0.3) is 0 Å². The van der Waals surface area contributed by atoms with E-state index in [1.54, 1.807) is 10.9 Å². The number of carbonyl (C=O) groups is 1. The van der Waals surface area contributed by atoms with Gasteiger partial charge in [-0.05, 0) is 36.8 Å². The van der Waals surface area contributed by atoms with E-state index in [1.807, 2.05) is 37.3 Å². The number of hydrogen-bond donors (Lipinski definition) is 1. The van der Waals surface area contributed by atoms with E-state index >= 15 is 0 Å². The Morgan fingerprint density at radius 3 is 2.52 bits per heavy atom. The minimum atomic E-state index is -0.519. The first-order valence-corrected chi connectivity index (χ1v) is 7.12. The number of nitrogens with zero attached hydrogens (tertiary/aromatic N) is 3. The van der Waals surface area contributed by atoms with E-state index in [0.717, 1.165) is 28.4 Å². The normalized spacial score (nSPS) is 10.7. The van der Waals surface area contributed by atoms with Crippen LogP contribution in [0.3, 0.4) is 0 Å². The van der Waals surface area contributed by atoms with Crippen LogP contribution in [0, 0.1) is 6.92 Å². The number of hydrogen-bond acceptors (Lipinski definition) is 5. The first-order valence-electron chi connectivity index (χ1n) is 7.12. The maximum absolute atomic E-state index is 11.4. The molecule has 0 bridgehead atoms. The fourth-order valence-corrected chi connectivity index (χ4v) is 2.30. The Morgan fingerprint density at radius 2 is 1.96 bits per heavy atom. The van der Waals surface area contributed by atoms with E-state index in [1.165, 1.54) is 0 Å². The van der Waals surface area contributed by atoms with Crippen molar-refractivity contribution in [3.63, 3.8) is 0 Å². The van der Waals surface area contributed by atoms with Gasteiger partial charge >= 0.3 is 5.97 Å². The highest BCUT2D eigenvalue weighted by molar-refractivity contribution is 5.83. The van der Waals surface area contributed by atoms with Crippen molar-refractivity contribution in [1.82, 2.24) is 15.0 Å². The van der Waals surface area contributed by atoms with Crippen molar-refractivity contribution in [3.8, 4) is 11.4 Å².